The molecule has 4 aromatic rings. The van der Waals surface area contributed by atoms with E-state index < -0.39 is 0 Å². The highest BCUT2D eigenvalue weighted by Gasteiger charge is 2.20. The van der Waals surface area contributed by atoms with Gasteiger partial charge < -0.3 is 15.4 Å². The lowest BCUT2D eigenvalue weighted by molar-refractivity contribution is -0.121. The number of nitrogens with zero attached hydrogens (tertiary/aromatic N) is 5. The molecule has 0 aliphatic carbocycles. The first-order chi connectivity index (χ1) is 13.6. The molecule has 0 fully saturated rings. The summed E-state index contributed by atoms with van der Waals surface area (Å²) in [5, 5.41) is 20.7. The first kappa shape index (κ1) is 17.2. The number of hydrazone groups is 1. The van der Waals surface area contributed by atoms with Crippen molar-refractivity contribution in [2.45, 2.75) is 6.54 Å². The number of anilines is 1. The van der Waals surface area contributed by atoms with Crippen LogP contribution in [0, 0.1) is 0 Å². The van der Waals surface area contributed by atoms with Crippen LogP contribution in [-0.4, -0.2) is 37.1 Å². The van der Waals surface area contributed by atoms with Gasteiger partial charge in [-0.15, -0.1) is 0 Å². The molecule has 28 heavy (non-hydrogen) atoms. The monoisotopic (exact) mass is 377 g/mol. The number of carbonyl (C=O) groups is 1. The van der Waals surface area contributed by atoms with Crippen molar-refractivity contribution in [1.82, 2.24) is 25.3 Å². The molecule has 0 aliphatic rings. The van der Waals surface area contributed by atoms with Gasteiger partial charge in [-0.3, -0.25) is 4.79 Å². The van der Waals surface area contributed by atoms with Crippen molar-refractivity contribution < 1.29 is 14.5 Å². The molecular formula is C18H15N7O3. The highest BCUT2D eigenvalue weighted by molar-refractivity contribution is 5.86. The van der Waals surface area contributed by atoms with Crippen LogP contribution in [0.1, 0.15) is 5.56 Å². The standard InChI is InChI=1S/C18H15N7O3/c19-17-16(23-28-24-17)18-21-13-6-1-2-7-14(13)25(18)10-15(27)22-20-9-11-4-3-5-12(26)8-11/h1-9,26H,10H2,(H2,19,24)(H,22,27). The molecule has 1 amide bonds. The van der Waals surface area contributed by atoms with Crippen LogP contribution in [0.25, 0.3) is 22.6 Å². The molecule has 0 aliphatic heterocycles. The van der Waals surface area contributed by atoms with E-state index in [1.165, 1.54) is 12.3 Å². The molecule has 2 aromatic carbocycles. The van der Waals surface area contributed by atoms with Gasteiger partial charge in [0.25, 0.3) is 5.91 Å². The Morgan fingerprint density at radius 1 is 1.25 bits per heavy atom. The fourth-order valence-corrected chi connectivity index (χ4v) is 2.73. The number of para-hydroxylation sites is 2. The summed E-state index contributed by atoms with van der Waals surface area (Å²) < 4.78 is 6.31. The molecule has 2 heterocycles. The smallest absolute Gasteiger partial charge is 0.260 e. The summed E-state index contributed by atoms with van der Waals surface area (Å²) in [4.78, 5) is 16.9. The lowest BCUT2D eigenvalue weighted by atomic mass is 10.2. The number of nitrogen functional groups attached to an aromatic ring is 1. The Hall–Kier alpha value is -4.21. The van der Waals surface area contributed by atoms with E-state index in [2.05, 4.69) is 30.5 Å². The van der Waals surface area contributed by atoms with Crippen LogP contribution in [0.15, 0.2) is 58.3 Å². The van der Waals surface area contributed by atoms with E-state index in [0.29, 0.717) is 16.9 Å². The maximum Gasteiger partial charge on any atom is 0.260 e. The van der Waals surface area contributed by atoms with E-state index in [4.69, 9.17) is 5.73 Å². The average molecular weight is 377 g/mol. The van der Waals surface area contributed by atoms with Crippen LogP contribution < -0.4 is 11.2 Å². The average Bonchev–Trinajstić information content (AvgIpc) is 3.25. The van der Waals surface area contributed by atoms with Crippen molar-refractivity contribution in [3.8, 4) is 17.3 Å². The van der Waals surface area contributed by atoms with E-state index in [0.717, 1.165) is 5.52 Å². The molecule has 140 valence electrons. The number of amides is 1. The molecule has 10 nitrogen and oxygen atoms in total. The predicted molar refractivity (Wildman–Crippen MR) is 101 cm³/mol. The molecule has 4 rings (SSSR count). The Labute approximate surface area is 158 Å². The Balaban J connectivity index is 1.58. The zero-order valence-corrected chi connectivity index (χ0v) is 14.5. The number of nitrogens with one attached hydrogen (secondary N) is 1. The van der Waals surface area contributed by atoms with Crippen molar-refractivity contribution in [3.63, 3.8) is 0 Å². The van der Waals surface area contributed by atoms with Crippen LogP contribution in [0.4, 0.5) is 5.82 Å². The minimum absolute atomic E-state index is 0.0699. The Morgan fingerprint density at radius 3 is 2.89 bits per heavy atom. The fourth-order valence-electron chi connectivity index (χ4n) is 2.73. The number of aromatic nitrogens is 4. The molecule has 0 spiro atoms. The van der Waals surface area contributed by atoms with Crippen LogP contribution in [0.5, 0.6) is 5.75 Å². The van der Waals surface area contributed by atoms with Crippen molar-refractivity contribution in [3.05, 3.63) is 54.1 Å². The normalized spacial score (nSPS) is 11.3. The van der Waals surface area contributed by atoms with Crippen molar-refractivity contribution in [1.29, 1.82) is 0 Å². The SMILES string of the molecule is Nc1nonc1-c1nc2ccccc2n1CC(=O)NN=Cc1cccc(O)c1. The number of nitrogens with two attached hydrogens (primary N) is 1. The topological polar surface area (TPSA) is 144 Å². The summed E-state index contributed by atoms with van der Waals surface area (Å²) in [5.41, 5.74) is 10.5. The lowest BCUT2D eigenvalue weighted by Gasteiger charge is -2.06. The Bertz CT molecular complexity index is 1180. The van der Waals surface area contributed by atoms with Crippen LogP contribution in [-0.2, 0) is 11.3 Å². The zero-order chi connectivity index (χ0) is 19.5. The molecule has 0 atom stereocenters. The number of carbonyl (C=O) groups excluding carboxylic acids is 1. The minimum Gasteiger partial charge on any atom is -0.508 e. The van der Waals surface area contributed by atoms with Gasteiger partial charge in [0.15, 0.2) is 17.3 Å². The molecule has 0 bridgehead atoms. The molecule has 0 saturated carbocycles. The third-order valence-electron chi connectivity index (χ3n) is 3.96. The van der Waals surface area contributed by atoms with Gasteiger partial charge in [-0.2, -0.15) is 5.10 Å². The highest BCUT2D eigenvalue weighted by Crippen LogP contribution is 2.26. The number of phenolic OH excluding ortho intramolecular Hbond substituents is 1. The van der Waals surface area contributed by atoms with Gasteiger partial charge in [-0.25, -0.2) is 15.0 Å². The summed E-state index contributed by atoms with van der Waals surface area (Å²) >= 11 is 0. The molecule has 4 N–H and O–H groups in total. The third kappa shape index (κ3) is 3.38. The molecule has 0 unspecified atom stereocenters. The maximum absolute atomic E-state index is 12.4. The van der Waals surface area contributed by atoms with Gasteiger partial charge in [-0.1, -0.05) is 24.3 Å². The second kappa shape index (κ2) is 7.19. The molecular weight excluding hydrogens is 362 g/mol. The molecule has 2 aromatic heterocycles. The maximum atomic E-state index is 12.4. The van der Waals surface area contributed by atoms with Gasteiger partial charge in [-0.05, 0) is 40.1 Å². The summed E-state index contributed by atoms with van der Waals surface area (Å²) in [5.74, 6) is 0.186. The number of imidazole rings is 1. The van der Waals surface area contributed by atoms with E-state index in [1.807, 2.05) is 24.3 Å². The number of aromatic hydroxyl groups is 1. The van der Waals surface area contributed by atoms with Crippen molar-refractivity contribution >= 4 is 29.0 Å². The summed E-state index contributed by atoms with van der Waals surface area (Å²) in [6.07, 6.45) is 1.43. The second-order valence-corrected chi connectivity index (χ2v) is 5.90. The van der Waals surface area contributed by atoms with Gasteiger partial charge in [0.05, 0.1) is 17.2 Å². The van der Waals surface area contributed by atoms with Crippen LogP contribution in [0.3, 0.4) is 0 Å². The number of rotatable bonds is 5. The van der Waals surface area contributed by atoms with Crippen LogP contribution in [0.2, 0.25) is 0 Å². The Kier molecular flexibility index (Phi) is 4.42. The number of benzene rings is 2. The first-order valence-electron chi connectivity index (χ1n) is 8.26. The summed E-state index contributed by atoms with van der Waals surface area (Å²) in [6, 6.07) is 13.8. The Morgan fingerprint density at radius 2 is 2.11 bits per heavy atom. The van der Waals surface area contributed by atoms with E-state index in [9.17, 15) is 9.90 Å². The number of fused-ring (bicyclic) bond motifs is 1. The third-order valence-corrected chi connectivity index (χ3v) is 3.96. The molecule has 0 saturated heterocycles. The molecule has 10 heteroatoms. The first-order valence-corrected chi connectivity index (χ1v) is 8.26. The highest BCUT2D eigenvalue weighted by atomic mass is 16.6. The van der Waals surface area contributed by atoms with Crippen LogP contribution >= 0.6 is 0 Å². The summed E-state index contributed by atoms with van der Waals surface area (Å²) in [6.45, 7) is -0.0699. The van der Waals surface area contributed by atoms with Gasteiger partial charge in [0.1, 0.15) is 12.3 Å². The fraction of sp³-hybridized carbons (Fsp3) is 0.0556. The second-order valence-electron chi connectivity index (χ2n) is 5.90. The van der Waals surface area contributed by atoms with Gasteiger partial charge >= 0.3 is 0 Å². The zero-order valence-electron chi connectivity index (χ0n) is 14.5. The van der Waals surface area contributed by atoms with Crippen molar-refractivity contribution in [2.24, 2.45) is 5.10 Å². The quantitative estimate of drug-likeness (QED) is 0.353. The van der Waals surface area contributed by atoms with Gasteiger partial charge in [0, 0.05) is 0 Å². The van der Waals surface area contributed by atoms with E-state index in [-0.39, 0.29) is 29.7 Å². The predicted octanol–water partition coefficient (Wildman–Crippen LogP) is 1.52. The van der Waals surface area contributed by atoms with Crippen molar-refractivity contribution in [2.75, 3.05) is 5.73 Å². The van der Waals surface area contributed by atoms with E-state index in [1.54, 1.807) is 22.8 Å². The van der Waals surface area contributed by atoms with E-state index >= 15 is 0 Å². The molecule has 0 radical (unpaired) electrons. The largest absolute Gasteiger partial charge is 0.508 e. The number of hydrogen-bond acceptors (Lipinski definition) is 8. The minimum atomic E-state index is -0.379. The van der Waals surface area contributed by atoms with Gasteiger partial charge in [0.2, 0.25) is 0 Å². The number of hydrogen-bond donors (Lipinski definition) is 3. The summed E-state index contributed by atoms with van der Waals surface area (Å²) in [7, 11) is 0. The number of phenols is 1. The lowest BCUT2D eigenvalue weighted by Crippen LogP contribution is -2.23.